The van der Waals surface area contributed by atoms with Gasteiger partial charge < -0.3 is 5.73 Å². The van der Waals surface area contributed by atoms with Crippen LogP contribution in [0.5, 0.6) is 0 Å². The van der Waals surface area contributed by atoms with Gasteiger partial charge in [0.15, 0.2) is 5.82 Å². The molecular formula is C17H18N4. The maximum Gasteiger partial charge on any atom is 0.181 e. The number of rotatable bonds is 4. The molecule has 0 amide bonds. The van der Waals surface area contributed by atoms with Crippen molar-refractivity contribution < 1.29 is 0 Å². The third-order valence-corrected chi connectivity index (χ3v) is 3.54. The summed E-state index contributed by atoms with van der Waals surface area (Å²) in [5.41, 5.74) is 9.60. The monoisotopic (exact) mass is 278 g/mol. The molecule has 0 aliphatic heterocycles. The van der Waals surface area contributed by atoms with E-state index in [1.807, 2.05) is 36.4 Å². The Morgan fingerprint density at radius 1 is 1.05 bits per heavy atom. The molecule has 3 aromatic rings. The summed E-state index contributed by atoms with van der Waals surface area (Å²) in [7, 11) is 0. The summed E-state index contributed by atoms with van der Waals surface area (Å²) in [6.45, 7) is 2.05. The number of aromatic nitrogens is 3. The van der Waals surface area contributed by atoms with Crippen LogP contribution >= 0.6 is 0 Å². The van der Waals surface area contributed by atoms with Crippen LogP contribution in [0.2, 0.25) is 0 Å². The number of hydrogen-bond donors (Lipinski definition) is 2. The highest BCUT2D eigenvalue weighted by atomic mass is 15.2. The molecule has 1 heterocycles. The first-order valence-corrected chi connectivity index (χ1v) is 7.02. The third-order valence-electron chi connectivity index (χ3n) is 3.54. The second-order valence-electron chi connectivity index (χ2n) is 5.16. The molecule has 0 spiro atoms. The van der Waals surface area contributed by atoms with Gasteiger partial charge in [-0.25, -0.2) is 4.98 Å². The molecule has 0 fully saturated rings. The maximum absolute atomic E-state index is 6.22. The van der Waals surface area contributed by atoms with Crippen molar-refractivity contribution in [1.29, 1.82) is 0 Å². The van der Waals surface area contributed by atoms with Crippen molar-refractivity contribution in [2.45, 2.75) is 19.4 Å². The molecule has 0 aliphatic carbocycles. The van der Waals surface area contributed by atoms with E-state index in [0.29, 0.717) is 5.82 Å². The van der Waals surface area contributed by atoms with E-state index in [0.717, 1.165) is 23.4 Å². The van der Waals surface area contributed by atoms with Crippen LogP contribution in [0.1, 0.15) is 23.0 Å². The Morgan fingerprint density at radius 3 is 2.52 bits per heavy atom. The van der Waals surface area contributed by atoms with Gasteiger partial charge in [-0.3, -0.25) is 5.10 Å². The summed E-state index contributed by atoms with van der Waals surface area (Å²) >= 11 is 0. The second-order valence-corrected chi connectivity index (χ2v) is 5.16. The van der Waals surface area contributed by atoms with Gasteiger partial charge in [0, 0.05) is 5.56 Å². The first-order valence-electron chi connectivity index (χ1n) is 7.02. The zero-order chi connectivity index (χ0) is 14.7. The summed E-state index contributed by atoms with van der Waals surface area (Å²) in [4.78, 5) is 4.55. The summed E-state index contributed by atoms with van der Waals surface area (Å²) in [6.07, 6.45) is 0.739. The number of aryl methyl sites for hydroxylation is 1. The van der Waals surface area contributed by atoms with Gasteiger partial charge in [0.1, 0.15) is 5.82 Å². The number of nitrogens with zero attached hydrogens (tertiary/aromatic N) is 2. The van der Waals surface area contributed by atoms with Crippen molar-refractivity contribution >= 4 is 0 Å². The van der Waals surface area contributed by atoms with E-state index < -0.39 is 0 Å². The van der Waals surface area contributed by atoms with Gasteiger partial charge in [0.25, 0.3) is 0 Å². The van der Waals surface area contributed by atoms with Crippen LogP contribution < -0.4 is 5.73 Å². The van der Waals surface area contributed by atoms with Gasteiger partial charge in [0.2, 0.25) is 0 Å². The van der Waals surface area contributed by atoms with Crippen molar-refractivity contribution in [2.24, 2.45) is 5.73 Å². The topological polar surface area (TPSA) is 67.6 Å². The lowest BCUT2D eigenvalue weighted by molar-refractivity contribution is 0.671. The Hall–Kier alpha value is -2.46. The minimum atomic E-state index is -0.183. The molecule has 0 radical (unpaired) electrons. The normalized spacial score (nSPS) is 12.3. The SMILES string of the molecule is Cc1ccccc1-c1n[nH]c([C@@H](N)Cc2ccccc2)n1. The lowest BCUT2D eigenvalue weighted by Crippen LogP contribution is -2.15. The molecule has 0 bridgehead atoms. The number of hydrogen-bond acceptors (Lipinski definition) is 3. The first-order chi connectivity index (χ1) is 10.2. The molecule has 2 aromatic carbocycles. The fourth-order valence-corrected chi connectivity index (χ4v) is 2.35. The average Bonchev–Trinajstić information content (AvgIpc) is 2.98. The number of nitrogens with two attached hydrogens (primary N) is 1. The number of H-pyrrole nitrogens is 1. The summed E-state index contributed by atoms with van der Waals surface area (Å²) in [5.74, 6) is 1.42. The molecule has 21 heavy (non-hydrogen) atoms. The Bertz CT molecular complexity index is 718. The van der Waals surface area contributed by atoms with Crippen LogP contribution in [0.3, 0.4) is 0 Å². The quantitative estimate of drug-likeness (QED) is 0.771. The van der Waals surface area contributed by atoms with Gasteiger partial charge in [-0.1, -0.05) is 54.6 Å². The highest BCUT2D eigenvalue weighted by Crippen LogP contribution is 2.21. The van der Waals surface area contributed by atoms with E-state index in [4.69, 9.17) is 5.73 Å². The fourth-order valence-electron chi connectivity index (χ4n) is 2.35. The molecule has 4 nitrogen and oxygen atoms in total. The number of nitrogens with one attached hydrogen (secondary N) is 1. The van der Waals surface area contributed by atoms with Gasteiger partial charge in [0.05, 0.1) is 6.04 Å². The molecule has 0 saturated heterocycles. The van der Waals surface area contributed by atoms with Crippen LogP contribution in [-0.4, -0.2) is 15.2 Å². The highest BCUT2D eigenvalue weighted by molar-refractivity contribution is 5.59. The van der Waals surface area contributed by atoms with Gasteiger partial charge in [-0.05, 0) is 24.5 Å². The summed E-state index contributed by atoms with van der Waals surface area (Å²) in [5, 5.41) is 7.26. The molecule has 1 atom stereocenters. The predicted octanol–water partition coefficient (Wildman–Crippen LogP) is 3.02. The summed E-state index contributed by atoms with van der Waals surface area (Å²) in [6, 6.07) is 18.0. The molecule has 0 unspecified atom stereocenters. The molecule has 1 aromatic heterocycles. The molecule has 0 saturated carbocycles. The molecule has 0 aliphatic rings. The molecule has 4 heteroatoms. The molecule has 106 valence electrons. The van der Waals surface area contributed by atoms with Crippen molar-refractivity contribution in [2.75, 3.05) is 0 Å². The van der Waals surface area contributed by atoms with Crippen molar-refractivity contribution in [3.8, 4) is 11.4 Å². The zero-order valence-electron chi connectivity index (χ0n) is 12.0. The smallest absolute Gasteiger partial charge is 0.181 e. The van der Waals surface area contributed by atoms with Gasteiger partial charge in [-0.15, -0.1) is 0 Å². The zero-order valence-corrected chi connectivity index (χ0v) is 12.0. The Morgan fingerprint density at radius 2 is 1.76 bits per heavy atom. The Labute approximate surface area is 124 Å². The van der Waals surface area contributed by atoms with Crippen molar-refractivity contribution in [3.63, 3.8) is 0 Å². The summed E-state index contributed by atoms with van der Waals surface area (Å²) < 4.78 is 0. The van der Waals surface area contributed by atoms with E-state index in [9.17, 15) is 0 Å². The largest absolute Gasteiger partial charge is 0.321 e. The first kappa shape index (κ1) is 13.5. The molecule has 3 rings (SSSR count). The molecular weight excluding hydrogens is 260 g/mol. The number of benzene rings is 2. The average molecular weight is 278 g/mol. The molecule has 3 N–H and O–H groups in total. The van der Waals surface area contributed by atoms with Crippen LogP contribution in [-0.2, 0) is 6.42 Å². The van der Waals surface area contributed by atoms with Crippen LogP contribution in [0.25, 0.3) is 11.4 Å². The Kier molecular flexibility index (Phi) is 3.79. The van der Waals surface area contributed by atoms with Crippen molar-refractivity contribution in [1.82, 2.24) is 15.2 Å². The predicted molar refractivity (Wildman–Crippen MR) is 83.6 cm³/mol. The highest BCUT2D eigenvalue weighted by Gasteiger charge is 2.14. The van der Waals surface area contributed by atoms with Gasteiger partial charge in [-0.2, -0.15) is 5.10 Å². The third kappa shape index (κ3) is 3.01. The van der Waals surface area contributed by atoms with E-state index in [2.05, 4.69) is 40.3 Å². The van der Waals surface area contributed by atoms with E-state index in [1.165, 1.54) is 5.56 Å². The Balaban J connectivity index is 1.80. The number of aromatic amines is 1. The van der Waals surface area contributed by atoms with Gasteiger partial charge >= 0.3 is 0 Å². The lowest BCUT2D eigenvalue weighted by atomic mass is 10.1. The van der Waals surface area contributed by atoms with E-state index >= 15 is 0 Å². The van der Waals surface area contributed by atoms with E-state index in [1.54, 1.807) is 0 Å². The van der Waals surface area contributed by atoms with Crippen LogP contribution in [0.15, 0.2) is 54.6 Å². The van der Waals surface area contributed by atoms with E-state index in [-0.39, 0.29) is 6.04 Å². The lowest BCUT2D eigenvalue weighted by Gasteiger charge is -2.07. The standard InChI is InChI=1S/C17H18N4/c1-12-7-5-6-10-14(12)16-19-17(21-20-16)15(18)11-13-8-3-2-4-9-13/h2-10,15H,11,18H2,1H3,(H,19,20,21)/t15-/m0/s1. The van der Waals surface area contributed by atoms with Crippen molar-refractivity contribution in [3.05, 3.63) is 71.5 Å². The maximum atomic E-state index is 6.22. The van der Waals surface area contributed by atoms with Crippen LogP contribution in [0.4, 0.5) is 0 Å². The fraction of sp³-hybridized carbons (Fsp3) is 0.176. The minimum Gasteiger partial charge on any atom is -0.321 e. The van der Waals surface area contributed by atoms with Crippen LogP contribution in [0, 0.1) is 6.92 Å². The second kappa shape index (κ2) is 5.89. The minimum absolute atomic E-state index is 0.183.